The molecule has 0 fully saturated rings. The zero-order valence-corrected chi connectivity index (χ0v) is 10.3. The van der Waals surface area contributed by atoms with Crippen LogP contribution in [0.5, 0.6) is 0 Å². The van der Waals surface area contributed by atoms with E-state index in [1.54, 1.807) is 13.8 Å². The molecule has 0 heterocycles. The number of nitrogens with zero attached hydrogens (tertiary/aromatic N) is 1. The van der Waals surface area contributed by atoms with Gasteiger partial charge in [0.2, 0.25) is 0 Å². The van der Waals surface area contributed by atoms with Gasteiger partial charge >= 0.3 is 6.18 Å². The van der Waals surface area contributed by atoms with Crippen LogP contribution in [0.2, 0.25) is 0 Å². The second-order valence-corrected chi connectivity index (χ2v) is 4.49. The Hall–Kier alpha value is -0.290. The van der Waals surface area contributed by atoms with Crippen LogP contribution in [0.25, 0.3) is 0 Å². The van der Waals surface area contributed by atoms with Crippen molar-refractivity contribution in [1.82, 2.24) is 4.90 Å². The van der Waals surface area contributed by atoms with E-state index in [4.69, 9.17) is 5.73 Å². The SMILES string of the molecule is CCC(N)CCCN(CC(F)(F)F)C(C)C. The summed E-state index contributed by atoms with van der Waals surface area (Å²) >= 11 is 0. The molecule has 5 heteroatoms. The van der Waals surface area contributed by atoms with Gasteiger partial charge < -0.3 is 5.73 Å². The largest absolute Gasteiger partial charge is 0.401 e. The van der Waals surface area contributed by atoms with E-state index in [1.165, 1.54) is 4.90 Å². The van der Waals surface area contributed by atoms with Gasteiger partial charge in [0.05, 0.1) is 6.54 Å². The van der Waals surface area contributed by atoms with E-state index in [9.17, 15) is 13.2 Å². The molecule has 0 radical (unpaired) electrons. The molecule has 0 rings (SSSR count). The van der Waals surface area contributed by atoms with E-state index < -0.39 is 12.7 Å². The Morgan fingerprint density at radius 1 is 1.25 bits per heavy atom. The summed E-state index contributed by atoms with van der Waals surface area (Å²) < 4.78 is 36.8. The third-order valence-electron chi connectivity index (χ3n) is 2.66. The van der Waals surface area contributed by atoms with E-state index in [0.717, 1.165) is 19.3 Å². The van der Waals surface area contributed by atoms with Crippen molar-refractivity contribution < 1.29 is 13.2 Å². The Labute approximate surface area is 96.0 Å². The molecular weight excluding hydrogens is 217 g/mol. The summed E-state index contributed by atoms with van der Waals surface area (Å²) in [6, 6.07) is 0.0272. The molecule has 0 aliphatic heterocycles. The highest BCUT2D eigenvalue weighted by Crippen LogP contribution is 2.18. The molecule has 2 nitrogen and oxygen atoms in total. The van der Waals surface area contributed by atoms with Crippen LogP contribution in [0.1, 0.15) is 40.0 Å². The van der Waals surface area contributed by atoms with Crippen LogP contribution < -0.4 is 5.73 Å². The fraction of sp³-hybridized carbons (Fsp3) is 1.00. The lowest BCUT2D eigenvalue weighted by molar-refractivity contribution is -0.149. The minimum Gasteiger partial charge on any atom is -0.328 e. The lowest BCUT2D eigenvalue weighted by Gasteiger charge is -2.27. The standard InChI is InChI=1S/C11H23F3N2/c1-4-10(15)6-5-7-16(9(2)3)8-11(12,13)14/h9-10H,4-8,15H2,1-3H3. The molecule has 0 saturated heterocycles. The first-order chi connectivity index (χ1) is 7.26. The maximum Gasteiger partial charge on any atom is 0.401 e. The summed E-state index contributed by atoms with van der Waals surface area (Å²) in [5.74, 6) is 0. The van der Waals surface area contributed by atoms with E-state index in [2.05, 4.69) is 0 Å². The average Bonchev–Trinajstić information content (AvgIpc) is 2.13. The Morgan fingerprint density at radius 3 is 2.19 bits per heavy atom. The highest BCUT2D eigenvalue weighted by Gasteiger charge is 2.31. The lowest BCUT2D eigenvalue weighted by atomic mass is 10.1. The number of alkyl halides is 3. The van der Waals surface area contributed by atoms with Crippen molar-refractivity contribution >= 4 is 0 Å². The first kappa shape index (κ1) is 15.7. The highest BCUT2D eigenvalue weighted by molar-refractivity contribution is 4.69. The number of hydrogen-bond acceptors (Lipinski definition) is 2. The topological polar surface area (TPSA) is 29.3 Å². The van der Waals surface area contributed by atoms with E-state index in [-0.39, 0.29) is 12.1 Å². The molecule has 0 aliphatic rings. The quantitative estimate of drug-likeness (QED) is 0.741. The molecule has 0 saturated carbocycles. The smallest absolute Gasteiger partial charge is 0.328 e. The van der Waals surface area contributed by atoms with E-state index in [0.29, 0.717) is 6.54 Å². The summed E-state index contributed by atoms with van der Waals surface area (Å²) in [4.78, 5) is 1.45. The molecule has 2 N–H and O–H groups in total. The maximum absolute atomic E-state index is 12.3. The van der Waals surface area contributed by atoms with Crippen LogP contribution in [0.15, 0.2) is 0 Å². The van der Waals surface area contributed by atoms with Crippen LogP contribution in [0, 0.1) is 0 Å². The zero-order valence-electron chi connectivity index (χ0n) is 10.3. The Bertz CT molecular complexity index is 181. The fourth-order valence-corrected chi connectivity index (χ4v) is 1.51. The normalized spacial score (nSPS) is 14.8. The minimum atomic E-state index is -4.11. The predicted octanol–water partition coefficient (Wildman–Crippen LogP) is 2.78. The molecule has 0 aromatic carbocycles. The van der Waals surface area contributed by atoms with Crippen molar-refractivity contribution in [3.8, 4) is 0 Å². The third kappa shape index (κ3) is 7.93. The molecule has 1 unspecified atom stereocenters. The Balaban J connectivity index is 3.96. The number of halogens is 3. The summed E-state index contributed by atoms with van der Waals surface area (Å²) in [5, 5.41) is 0. The number of rotatable bonds is 7. The maximum atomic E-state index is 12.3. The summed E-state index contributed by atoms with van der Waals surface area (Å²) in [7, 11) is 0. The molecule has 98 valence electrons. The minimum absolute atomic E-state index is 0.0838. The van der Waals surface area contributed by atoms with Crippen LogP contribution in [-0.2, 0) is 0 Å². The predicted molar refractivity (Wildman–Crippen MR) is 60.3 cm³/mol. The van der Waals surface area contributed by atoms with Gasteiger partial charge in [0.1, 0.15) is 0 Å². The zero-order chi connectivity index (χ0) is 12.8. The monoisotopic (exact) mass is 240 g/mol. The Kier molecular flexibility index (Phi) is 6.99. The number of nitrogens with two attached hydrogens (primary N) is 1. The first-order valence-electron chi connectivity index (χ1n) is 5.82. The third-order valence-corrected chi connectivity index (χ3v) is 2.66. The van der Waals surface area contributed by atoms with Gasteiger partial charge in [-0.25, -0.2) is 0 Å². The van der Waals surface area contributed by atoms with Gasteiger partial charge in [-0.05, 0) is 39.7 Å². The molecular formula is C11H23F3N2. The summed E-state index contributed by atoms with van der Waals surface area (Å²) in [5.41, 5.74) is 5.72. The van der Waals surface area contributed by atoms with E-state index in [1.807, 2.05) is 6.92 Å². The summed E-state index contributed by atoms with van der Waals surface area (Å²) in [6.45, 7) is 5.19. The van der Waals surface area contributed by atoms with E-state index >= 15 is 0 Å². The Morgan fingerprint density at radius 2 is 1.81 bits per heavy atom. The number of hydrogen-bond donors (Lipinski definition) is 1. The van der Waals surface area contributed by atoms with Crippen molar-refractivity contribution in [2.45, 2.75) is 58.3 Å². The van der Waals surface area contributed by atoms with Crippen LogP contribution in [-0.4, -0.2) is 36.2 Å². The van der Waals surface area contributed by atoms with Crippen LogP contribution in [0.4, 0.5) is 13.2 Å². The van der Waals surface area contributed by atoms with Crippen molar-refractivity contribution in [1.29, 1.82) is 0 Å². The molecule has 0 aromatic rings. The van der Waals surface area contributed by atoms with Gasteiger partial charge in [-0.2, -0.15) is 13.2 Å². The van der Waals surface area contributed by atoms with Gasteiger partial charge in [-0.1, -0.05) is 6.92 Å². The fourth-order valence-electron chi connectivity index (χ4n) is 1.51. The van der Waals surface area contributed by atoms with Gasteiger partial charge in [0, 0.05) is 12.1 Å². The van der Waals surface area contributed by atoms with Gasteiger partial charge in [0.25, 0.3) is 0 Å². The lowest BCUT2D eigenvalue weighted by Crippen LogP contribution is -2.40. The van der Waals surface area contributed by atoms with Crippen molar-refractivity contribution in [2.24, 2.45) is 5.73 Å². The average molecular weight is 240 g/mol. The first-order valence-corrected chi connectivity index (χ1v) is 5.82. The van der Waals surface area contributed by atoms with Crippen molar-refractivity contribution in [2.75, 3.05) is 13.1 Å². The molecule has 0 bridgehead atoms. The molecule has 16 heavy (non-hydrogen) atoms. The van der Waals surface area contributed by atoms with Gasteiger partial charge in [0.15, 0.2) is 0 Å². The highest BCUT2D eigenvalue weighted by atomic mass is 19.4. The van der Waals surface area contributed by atoms with Crippen LogP contribution in [0.3, 0.4) is 0 Å². The second-order valence-electron chi connectivity index (χ2n) is 4.49. The van der Waals surface area contributed by atoms with Crippen LogP contribution >= 0.6 is 0 Å². The van der Waals surface area contributed by atoms with Crippen molar-refractivity contribution in [3.63, 3.8) is 0 Å². The van der Waals surface area contributed by atoms with Gasteiger partial charge in [-0.15, -0.1) is 0 Å². The second kappa shape index (κ2) is 7.12. The molecule has 0 aliphatic carbocycles. The summed E-state index contributed by atoms with van der Waals surface area (Å²) in [6.07, 6.45) is -1.72. The molecule has 0 spiro atoms. The van der Waals surface area contributed by atoms with Crippen molar-refractivity contribution in [3.05, 3.63) is 0 Å². The molecule has 1 atom stereocenters. The van der Waals surface area contributed by atoms with Gasteiger partial charge in [-0.3, -0.25) is 4.90 Å². The molecule has 0 aromatic heterocycles. The molecule has 0 amide bonds.